The summed E-state index contributed by atoms with van der Waals surface area (Å²) in [6.45, 7) is 1.34. The molecule has 0 saturated carbocycles. The maximum Gasteiger partial charge on any atom is 1.00 e. The summed E-state index contributed by atoms with van der Waals surface area (Å²) in [5.74, 6) is -0.353. The molecule has 0 aliphatic heterocycles. The summed E-state index contributed by atoms with van der Waals surface area (Å²) in [4.78, 5) is 14.9. The number of benzene rings is 1. The van der Waals surface area contributed by atoms with Crippen LogP contribution in [0.3, 0.4) is 0 Å². The number of hydrogen-bond donors (Lipinski definition) is 1. The number of carbonyl (C=O) groups excluding carboxylic acids is 1. The van der Waals surface area contributed by atoms with Gasteiger partial charge in [0.25, 0.3) is 0 Å². The van der Waals surface area contributed by atoms with Crippen LogP contribution >= 0.6 is 0 Å². The van der Waals surface area contributed by atoms with Crippen LogP contribution in [0.1, 0.15) is 8.35 Å². The molecule has 4 heteroatoms. The fourth-order valence-corrected chi connectivity index (χ4v) is 0.637. The van der Waals surface area contributed by atoms with Crippen molar-refractivity contribution in [1.82, 2.24) is 0 Å². The average Bonchev–Trinajstić information content (AvgIpc) is 2.03. The Morgan fingerprint density at radius 3 is 2.50 bits per heavy atom. The van der Waals surface area contributed by atoms with E-state index in [0.717, 1.165) is 5.69 Å². The number of rotatable bonds is 2. The molecule has 60 valence electrons. The van der Waals surface area contributed by atoms with Gasteiger partial charge in [-0.25, -0.2) is 5.48 Å². The van der Waals surface area contributed by atoms with Crippen LogP contribution in [0.2, 0.25) is 0 Å². The molecule has 0 amide bonds. The third kappa shape index (κ3) is 4.38. The van der Waals surface area contributed by atoms with Gasteiger partial charge in [0.2, 0.25) is 0 Å². The van der Waals surface area contributed by atoms with Crippen LogP contribution in [0, 0.1) is 0 Å². The van der Waals surface area contributed by atoms with Gasteiger partial charge in [-0.05, 0) is 12.1 Å². The van der Waals surface area contributed by atoms with Crippen LogP contribution < -0.4 is 35.0 Å². The summed E-state index contributed by atoms with van der Waals surface area (Å²) in [7, 11) is 0. The maximum atomic E-state index is 10.3. The molecule has 0 unspecified atom stereocenters. The molecule has 0 aliphatic carbocycles. The van der Waals surface area contributed by atoms with E-state index in [-0.39, 0.29) is 37.0 Å². The molecule has 3 nitrogen and oxygen atoms in total. The quantitative estimate of drug-likeness (QED) is 0.448. The van der Waals surface area contributed by atoms with Crippen molar-refractivity contribution in [1.29, 1.82) is 0 Å². The van der Waals surface area contributed by atoms with E-state index in [2.05, 4.69) is 10.3 Å². The number of carbonyl (C=O) groups is 1. The van der Waals surface area contributed by atoms with Crippen molar-refractivity contribution in [2.75, 3.05) is 5.48 Å². The molecule has 0 spiro atoms. The fourth-order valence-electron chi connectivity index (χ4n) is 0.637. The van der Waals surface area contributed by atoms with Crippen LogP contribution in [0.5, 0.6) is 0 Å². The van der Waals surface area contributed by atoms with Gasteiger partial charge < -0.3 is 6.26 Å². The minimum absolute atomic E-state index is 0. The van der Waals surface area contributed by atoms with Gasteiger partial charge >= 0.3 is 35.5 Å². The predicted octanol–water partition coefficient (Wildman–Crippen LogP) is -1.31. The first-order valence-corrected chi connectivity index (χ1v) is 3.27. The summed E-state index contributed by atoms with van der Waals surface area (Å²) in [5, 5.41) is 0. The summed E-state index contributed by atoms with van der Waals surface area (Å²) in [6.07, 6.45) is 0. The Morgan fingerprint density at radius 2 is 2.00 bits per heavy atom. The maximum absolute atomic E-state index is 10.3. The molecule has 12 heavy (non-hydrogen) atoms. The molecule has 0 atom stereocenters. The second-order valence-electron chi connectivity index (χ2n) is 2.06. The minimum Gasteiger partial charge on any atom is -1.00 e. The van der Waals surface area contributed by atoms with Crippen LogP contribution in [0.4, 0.5) is 5.69 Å². The van der Waals surface area contributed by atoms with Crippen molar-refractivity contribution in [2.24, 2.45) is 0 Å². The average molecular weight is 175 g/mol. The number of anilines is 1. The second-order valence-corrected chi connectivity index (χ2v) is 2.06. The summed E-state index contributed by atoms with van der Waals surface area (Å²) < 4.78 is 0. The molecular weight excluding hydrogens is 165 g/mol. The van der Waals surface area contributed by atoms with Crippen LogP contribution in [-0.4, -0.2) is 5.97 Å². The molecule has 0 radical (unpaired) electrons. The Morgan fingerprint density at radius 1 is 1.42 bits per heavy atom. The van der Waals surface area contributed by atoms with Gasteiger partial charge in [-0.15, -0.1) is 0 Å². The third-order valence-corrected chi connectivity index (χ3v) is 1.09. The normalized spacial score (nSPS) is 8.08. The number of hydrogen-bond acceptors (Lipinski definition) is 3. The Labute approximate surface area is 94.8 Å². The largest absolute Gasteiger partial charge is 1.00 e. The SMILES string of the molecule is CC(=O)ONc1ccccc1.[H-].[Na+]. The van der Waals surface area contributed by atoms with E-state index >= 15 is 0 Å². The standard InChI is InChI=1S/C8H9NO2.Na.H/c1-7(10)11-9-8-5-3-2-4-6-8;;/h2-6,9H,1H3;;/q;+1;-1. The third-order valence-electron chi connectivity index (χ3n) is 1.09. The molecule has 1 aromatic carbocycles. The van der Waals surface area contributed by atoms with E-state index in [1.807, 2.05) is 30.3 Å². The van der Waals surface area contributed by atoms with Crippen molar-refractivity contribution in [3.63, 3.8) is 0 Å². The Hall–Kier alpha value is -0.510. The topological polar surface area (TPSA) is 38.3 Å². The molecule has 1 N–H and O–H groups in total. The van der Waals surface area contributed by atoms with Crippen molar-refractivity contribution < 1.29 is 40.6 Å². The van der Waals surface area contributed by atoms with Gasteiger partial charge in [0.1, 0.15) is 0 Å². The van der Waals surface area contributed by atoms with Crippen LogP contribution in [0.15, 0.2) is 30.3 Å². The summed E-state index contributed by atoms with van der Waals surface area (Å²) in [5.41, 5.74) is 3.26. The molecule has 0 saturated heterocycles. The van der Waals surface area contributed by atoms with Crippen LogP contribution in [-0.2, 0) is 9.63 Å². The first-order valence-electron chi connectivity index (χ1n) is 3.27. The molecule has 0 fully saturated rings. The number of nitrogens with one attached hydrogen (secondary N) is 1. The van der Waals surface area contributed by atoms with E-state index in [1.54, 1.807) is 0 Å². The predicted molar refractivity (Wildman–Crippen MR) is 42.9 cm³/mol. The molecule has 0 aliphatic rings. The van der Waals surface area contributed by atoms with Gasteiger partial charge in [-0.2, -0.15) is 0 Å². The zero-order valence-electron chi connectivity index (χ0n) is 8.20. The van der Waals surface area contributed by atoms with Crippen molar-refractivity contribution in [3.05, 3.63) is 30.3 Å². The molecule has 0 aromatic heterocycles. The number of para-hydroxylation sites is 1. The summed E-state index contributed by atoms with van der Waals surface area (Å²) in [6, 6.07) is 9.21. The van der Waals surface area contributed by atoms with E-state index in [4.69, 9.17) is 0 Å². The van der Waals surface area contributed by atoms with Crippen LogP contribution in [0.25, 0.3) is 0 Å². The van der Waals surface area contributed by atoms with Gasteiger partial charge in [0, 0.05) is 6.92 Å². The van der Waals surface area contributed by atoms with Crippen molar-refractivity contribution in [3.8, 4) is 0 Å². The Bertz CT molecular complexity index is 243. The van der Waals surface area contributed by atoms with E-state index in [0.29, 0.717) is 0 Å². The molecule has 0 bridgehead atoms. The van der Waals surface area contributed by atoms with E-state index in [9.17, 15) is 4.79 Å². The summed E-state index contributed by atoms with van der Waals surface area (Å²) >= 11 is 0. The Balaban J connectivity index is 0. The zero-order chi connectivity index (χ0) is 8.10. The van der Waals surface area contributed by atoms with Crippen molar-refractivity contribution in [2.45, 2.75) is 6.92 Å². The van der Waals surface area contributed by atoms with E-state index < -0.39 is 0 Å². The first-order chi connectivity index (χ1) is 5.29. The molecular formula is C8H10NNaO2. The minimum atomic E-state index is -0.353. The molecule has 1 rings (SSSR count). The van der Waals surface area contributed by atoms with Gasteiger partial charge in [0.15, 0.2) is 0 Å². The van der Waals surface area contributed by atoms with E-state index in [1.165, 1.54) is 6.92 Å². The zero-order valence-corrected chi connectivity index (χ0v) is 9.20. The van der Waals surface area contributed by atoms with Crippen molar-refractivity contribution >= 4 is 11.7 Å². The monoisotopic (exact) mass is 175 g/mol. The molecule has 1 aromatic rings. The first kappa shape index (κ1) is 11.5. The van der Waals surface area contributed by atoms with Gasteiger partial charge in [-0.1, -0.05) is 18.2 Å². The second kappa shape index (κ2) is 6.06. The molecule has 0 heterocycles. The Kier molecular flexibility index (Phi) is 5.80. The smallest absolute Gasteiger partial charge is 1.00 e. The fraction of sp³-hybridized carbons (Fsp3) is 0.125. The van der Waals surface area contributed by atoms with Gasteiger partial charge in [0.05, 0.1) is 5.69 Å². The van der Waals surface area contributed by atoms with Gasteiger partial charge in [-0.3, -0.25) is 4.79 Å².